The molecule has 3 rings (SSSR count). The van der Waals surface area contributed by atoms with Crippen LogP contribution in [0.2, 0.25) is 0 Å². The van der Waals surface area contributed by atoms with Crippen molar-refractivity contribution in [2.24, 2.45) is 0 Å². The number of pyridine rings is 1. The molecular weight excluding hydrogens is 306 g/mol. The number of carbonyl (C=O) groups excluding carboxylic acids is 1. The van der Waals surface area contributed by atoms with Gasteiger partial charge in [0.1, 0.15) is 0 Å². The Labute approximate surface area is 143 Å². The Balaban J connectivity index is 1.55. The monoisotopic (exact) mass is 333 g/mol. The van der Waals surface area contributed by atoms with Crippen LogP contribution in [0, 0.1) is 0 Å². The second-order valence-electron chi connectivity index (χ2n) is 6.45. The molecule has 1 aromatic rings. The quantitative estimate of drug-likeness (QED) is 0.764. The number of ether oxygens (including phenoxy) is 1. The van der Waals surface area contributed by atoms with Gasteiger partial charge in [-0.1, -0.05) is 6.07 Å². The number of carbonyl (C=O) groups is 1. The van der Waals surface area contributed by atoms with Gasteiger partial charge in [0.05, 0.1) is 24.9 Å². The van der Waals surface area contributed by atoms with E-state index in [1.807, 2.05) is 28.2 Å². The number of amides is 1. The van der Waals surface area contributed by atoms with Gasteiger partial charge in [-0.15, -0.1) is 0 Å². The maximum Gasteiger partial charge on any atom is 0.224 e. The van der Waals surface area contributed by atoms with Gasteiger partial charge < -0.3 is 9.64 Å². The minimum Gasteiger partial charge on any atom is -0.376 e. The van der Waals surface area contributed by atoms with E-state index in [9.17, 15) is 4.79 Å². The summed E-state index contributed by atoms with van der Waals surface area (Å²) in [4.78, 5) is 24.6. The largest absolute Gasteiger partial charge is 0.376 e. The molecule has 24 heavy (non-hydrogen) atoms. The zero-order chi connectivity index (χ0) is 16.6. The zero-order valence-electron chi connectivity index (χ0n) is 14.2. The van der Waals surface area contributed by atoms with Crippen LogP contribution in [0.4, 0.5) is 0 Å². The molecule has 0 aromatic carbocycles. The van der Waals surface area contributed by atoms with Gasteiger partial charge in [0.2, 0.25) is 5.91 Å². The second kappa shape index (κ2) is 9.11. The van der Waals surface area contributed by atoms with Gasteiger partial charge in [0, 0.05) is 38.9 Å². The Morgan fingerprint density at radius 3 is 2.96 bits per heavy atom. The standard InChI is InChI=1S/C18H27N3O3/c22-18(8-11-21-10-3-4-13-24-21)20(15-17-7-5-12-23-17)14-16-6-1-2-9-19-16/h1-2,6,9,17H,3-5,7-8,10-15H2/t17-/m1/s1. The Morgan fingerprint density at radius 1 is 1.29 bits per heavy atom. The van der Waals surface area contributed by atoms with Crippen LogP contribution < -0.4 is 0 Å². The molecule has 6 nitrogen and oxygen atoms in total. The molecule has 6 heteroatoms. The lowest BCUT2D eigenvalue weighted by Crippen LogP contribution is -2.39. The average Bonchev–Trinajstić information content (AvgIpc) is 3.14. The summed E-state index contributed by atoms with van der Waals surface area (Å²) in [5, 5.41) is 1.92. The topological polar surface area (TPSA) is 54.9 Å². The maximum atomic E-state index is 12.7. The Kier molecular flexibility index (Phi) is 6.57. The van der Waals surface area contributed by atoms with Gasteiger partial charge in [0.25, 0.3) is 0 Å². The molecule has 0 spiro atoms. The molecule has 0 N–H and O–H groups in total. The van der Waals surface area contributed by atoms with Gasteiger partial charge in [-0.05, 0) is 37.8 Å². The predicted octanol–water partition coefficient (Wildman–Crippen LogP) is 2.01. The molecule has 2 fully saturated rings. The van der Waals surface area contributed by atoms with E-state index in [4.69, 9.17) is 9.57 Å². The Morgan fingerprint density at radius 2 is 2.25 bits per heavy atom. The normalized spacial score (nSPS) is 21.8. The number of rotatable bonds is 7. The van der Waals surface area contributed by atoms with E-state index < -0.39 is 0 Å². The fraction of sp³-hybridized carbons (Fsp3) is 0.667. The van der Waals surface area contributed by atoms with E-state index in [0.717, 1.165) is 51.1 Å². The minimum absolute atomic E-state index is 0.144. The molecule has 1 amide bonds. The minimum atomic E-state index is 0.144. The summed E-state index contributed by atoms with van der Waals surface area (Å²) in [5.74, 6) is 0.144. The molecule has 0 saturated carbocycles. The van der Waals surface area contributed by atoms with Crippen molar-refractivity contribution in [3.63, 3.8) is 0 Å². The second-order valence-corrected chi connectivity index (χ2v) is 6.45. The average molecular weight is 333 g/mol. The molecule has 1 aromatic heterocycles. The molecule has 0 aliphatic carbocycles. The summed E-state index contributed by atoms with van der Waals surface area (Å²) >= 11 is 0. The van der Waals surface area contributed by atoms with E-state index >= 15 is 0 Å². The highest BCUT2D eigenvalue weighted by atomic mass is 16.7. The van der Waals surface area contributed by atoms with Crippen molar-refractivity contribution in [2.45, 2.75) is 44.8 Å². The van der Waals surface area contributed by atoms with Gasteiger partial charge in [0.15, 0.2) is 0 Å². The van der Waals surface area contributed by atoms with E-state index in [1.165, 1.54) is 0 Å². The smallest absolute Gasteiger partial charge is 0.224 e. The molecule has 2 saturated heterocycles. The number of nitrogens with zero attached hydrogens (tertiary/aromatic N) is 3. The molecule has 2 aliphatic heterocycles. The third kappa shape index (κ3) is 5.26. The molecule has 132 valence electrons. The first-order valence-electron chi connectivity index (χ1n) is 8.98. The van der Waals surface area contributed by atoms with Gasteiger partial charge >= 0.3 is 0 Å². The lowest BCUT2D eigenvalue weighted by Gasteiger charge is -2.28. The SMILES string of the molecule is O=C(CCN1CCCCO1)N(Cc1ccccn1)C[C@H]1CCCO1. The van der Waals surface area contributed by atoms with Gasteiger partial charge in [-0.25, -0.2) is 0 Å². The van der Waals surface area contributed by atoms with Gasteiger partial charge in [-0.2, -0.15) is 5.06 Å². The fourth-order valence-electron chi connectivity index (χ4n) is 3.18. The molecule has 1 atom stereocenters. The molecule has 0 unspecified atom stereocenters. The summed E-state index contributed by atoms with van der Waals surface area (Å²) in [6.07, 6.45) is 6.75. The highest BCUT2D eigenvalue weighted by Gasteiger charge is 2.23. The van der Waals surface area contributed by atoms with E-state index in [-0.39, 0.29) is 12.0 Å². The maximum absolute atomic E-state index is 12.7. The first kappa shape index (κ1) is 17.3. The number of hydrogen-bond acceptors (Lipinski definition) is 5. The molecule has 0 bridgehead atoms. The fourth-order valence-corrected chi connectivity index (χ4v) is 3.18. The van der Waals surface area contributed by atoms with Crippen LogP contribution >= 0.6 is 0 Å². The number of aromatic nitrogens is 1. The van der Waals surface area contributed by atoms with E-state index in [1.54, 1.807) is 6.20 Å². The van der Waals surface area contributed by atoms with Crippen molar-refractivity contribution >= 4 is 5.91 Å². The van der Waals surface area contributed by atoms with Crippen molar-refractivity contribution in [2.75, 3.05) is 32.8 Å². The molecule has 0 radical (unpaired) electrons. The van der Waals surface area contributed by atoms with Crippen molar-refractivity contribution < 1.29 is 14.4 Å². The lowest BCUT2D eigenvalue weighted by atomic mass is 10.2. The highest BCUT2D eigenvalue weighted by Crippen LogP contribution is 2.16. The Hall–Kier alpha value is -1.50. The zero-order valence-corrected chi connectivity index (χ0v) is 14.2. The molecule has 3 heterocycles. The summed E-state index contributed by atoms with van der Waals surface area (Å²) in [6, 6.07) is 5.81. The van der Waals surface area contributed by atoms with Crippen LogP contribution in [0.3, 0.4) is 0 Å². The first-order chi connectivity index (χ1) is 11.8. The summed E-state index contributed by atoms with van der Waals surface area (Å²) < 4.78 is 5.72. The van der Waals surface area contributed by atoms with Crippen molar-refractivity contribution in [1.29, 1.82) is 0 Å². The summed E-state index contributed by atoms with van der Waals surface area (Å²) in [5.41, 5.74) is 0.915. The highest BCUT2D eigenvalue weighted by molar-refractivity contribution is 5.76. The first-order valence-corrected chi connectivity index (χ1v) is 8.98. The predicted molar refractivity (Wildman–Crippen MR) is 90.0 cm³/mol. The van der Waals surface area contributed by atoms with Crippen LogP contribution in [0.15, 0.2) is 24.4 Å². The number of hydroxylamine groups is 2. The van der Waals surface area contributed by atoms with Crippen LogP contribution in [0.25, 0.3) is 0 Å². The van der Waals surface area contributed by atoms with Crippen LogP contribution in [-0.2, 0) is 20.9 Å². The third-order valence-electron chi connectivity index (χ3n) is 4.53. The molecular formula is C18H27N3O3. The van der Waals surface area contributed by atoms with Crippen molar-refractivity contribution in [1.82, 2.24) is 14.9 Å². The number of hydrogen-bond donors (Lipinski definition) is 0. The van der Waals surface area contributed by atoms with Crippen molar-refractivity contribution in [3.8, 4) is 0 Å². The summed E-state index contributed by atoms with van der Waals surface area (Å²) in [6.45, 7) is 4.33. The van der Waals surface area contributed by atoms with Crippen molar-refractivity contribution in [3.05, 3.63) is 30.1 Å². The summed E-state index contributed by atoms with van der Waals surface area (Å²) in [7, 11) is 0. The lowest BCUT2D eigenvalue weighted by molar-refractivity contribution is -0.182. The van der Waals surface area contributed by atoms with Gasteiger partial charge in [-0.3, -0.25) is 14.6 Å². The van der Waals surface area contributed by atoms with Crippen LogP contribution in [0.5, 0.6) is 0 Å². The van der Waals surface area contributed by atoms with Crippen LogP contribution in [0.1, 0.15) is 37.8 Å². The third-order valence-corrected chi connectivity index (χ3v) is 4.53. The Bertz CT molecular complexity index is 499. The molecule has 2 aliphatic rings. The van der Waals surface area contributed by atoms with Crippen LogP contribution in [-0.4, -0.2) is 59.8 Å². The van der Waals surface area contributed by atoms with E-state index in [2.05, 4.69) is 4.98 Å². The van der Waals surface area contributed by atoms with E-state index in [0.29, 0.717) is 26.1 Å².